The first-order valence-corrected chi connectivity index (χ1v) is 18.4. The van der Waals surface area contributed by atoms with E-state index in [4.69, 9.17) is 4.42 Å². The maximum Gasteiger partial charge on any atom is 0.137 e. The molecule has 0 bridgehead atoms. The van der Waals surface area contributed by atoms with Gasteiger partial charge in [0.1, 0.15) is 11.2 Å². The number of aromatic nitrogens is 1. The van der Waals surface area contributed by atoms with E-state index in [1.165, 1.54) is 53.1 Å². The van der Waals surface area contributed by atoms with Gasteiger partial charge in [0.15, 0.2) is 0 Å². The number of hydrogen-bond donors (Lipinski definition) is 0. The highest BCUT2D eigenvalue weighted by atomic mass is 32.1. The van der Waals surface area contributed by atoms with Crippen molar-refractivity contribution in [2.45, 2.75) is 0 Å². The second kappa shape index (κ2) is 11.5. The molecular formula is C48H30N2OS. The first-order chi connectivity index (χ1) is 25.8. The zero-order chi connectivity index (χ0) is 34.2. The molecule has 3 heterocycles. The summed E-state index contributed by atoms with van der Waals surface area (Å²) in [5.74, 6) is 0. The van der Waals surface area contributed by atoms with Crippen molar-refractivity contribution in [3.63, 3.8) is 0 Å². The molecule has 52 heavy (non-hydrogen) atoms. The van der Waals surface area contributed by atoms with E-state index in [9.17, 15) is 0 Å². The third kappa shape index (κ3) is 4.51. The summed E-state index contributed by atoms with van der Waals surface area (Å²) in [6, 6.07) is 65.5. The monoisotopic (exact) mass is 682 g/mol. The van der Waals surface area contributed by atoms with Gasteiger partial charge in [-0.2, -0.15) is 0 Å². The second-order valence-corrected chi connectivity index (χ2v) is 14.4. The minimum Gasteiger partial charge on any atom is -0.456 e. The third-order valence-electron chi connectivity index (χ3n) is 10.4. The quantitative estimate of drug-likeness (QED) is 0.180. The average molecular weight is 683 g/mol. The lowest BCUT2D eigenvalue weighted by atomic mass is 10.0. The molecule has 0 atom stereocenters. The number of rotatable bonds is 5. The first-order valence-electron chi connectivity index (χ1n) is 17.6. The Morgan fingerprint density at radius 2 is 1.02 bits per heavy atom. The predicted molar refractivity (Wildman–Crippen MR) is 221 cm³/mol. The zero-order valence-corrected chi connectivity index (χ0v) is 28.8. The molecule has 0 saturated carbocycles. The van der Waals surface area contributed by atoms with Crippen LogP contribution in [0.2, 0.25) is 0 Å². The van der Waals surface area contributed by atoms with Crippen LogP contribution in [-0.2, 0) is 0 Å². The molecule has 0 spiro atoms. The molecule has 0 N–H and O–H groups in total. The maximum absolute atomic E-state index is 6.40. The fraction of sp³-hybridized carbons (Fsp3) is 0. The van der Waals surface area contributed by atoms with Crippen molar-refractivity contribution in [3.05, 3.63) is 182 Å². The van der Waals surface area contributed by atoms with E-state index in [-0.39, 0.29) is 0 Å². The summed E-state index contributed by atoms with van der Waals surface area (Å²) in [6.45, 7) is 0. The van der Waals surface area contributed by atoms with Crippen LogP contribution in [0.5, 0.6) is 0 Å². The van der Waals surface area contributed by atoms with Gasteiger partial charge in [0.2, 0.25) is 0 Å². The molecule has 3 aromatic heterocycles. The zero-order valence-electron chi connectivity index (χ0n) is 28.0. The Balaban J connectivity index is 1.08. The van der Waals surface area contributed by atoms with Crippen LogP contribution >= 0.6 is 11.3 Å². The van der Waals surface area contributed by atoms with Crippen molar-refractivity contribution < 1.29 is 4.42 Å². The fourth-order valence-electron chi connectivity index (χ4n) is 7.96. The molecule has 11 rings (SSSR count). The van der Waals surface area contributed by atoms with E-state index in [1.807, 2.05) is 23.5 Å². The largest absolute Gasteiger partial charge is 0.456 e. The Hall–Kier alpha value is -6.62. The van der Waals surface area contributed by atoms with Gasteiger partial charge in [-0.15, -0.1) is 11.3 Å². The number of nitrogens with zero attached hydrogens (tertiary/aromatic N) is 2. The molecule has 0 aliphatic carbocycles. The van der Waals surface area contributed by atoms with Crippen LogP contribution in [0.4, 0.5) is 17.1 Å². The van der Waals surface area contributed by atoms with E-state index in [1.54, 1.807) is 0 Å². The Kier molecular flexibility index (Phi) is 6.42. The number of furan rings is 1. The Morgan fingerprint density at radius 1 is 0.385 bits per heavy atom. The van der Waals surface area contributed by atoms with Crippen molar-refractivity contribution in [1.29, 1.82) is 0 Å². The minimum absolute atomic E-state index is 0.873. The number of fused-ring (bicyclic) bond motifs is 9. The molecule has 0 aliphatic heterocycles. The Morgan fingerprint density at radius 3 is 1.90 bits per heavy atom. The molecule has 8 aromatic carbocycles. The van der Waals surface area contributed by atoms with E-state index in [0.29, 0.717) is 0 Å². The van der Waals surface area contributed by atoms with Crippen molar-refractivity contribution in [3.8, 4) is 16.8 Å². The smallest absolute Gasteiger partial charge is 0.137 e. The standard InChI is InChI=1S/C48H30N2OS/c1-2-10-33(11-3-1)50-43-15-7-4-12-37(43)41-29-35(24-26-44(41)50)49(36-23-25-39-38-13-5-8-16-45(38)51-46(39)30-36)34-21-18-31(19-22-34)32-20-27-48-42(28-32)40-14-6-9-17-47(40)52-48/h1-30H. The SMILES string of the molecule is c1ccc(-n2c3ccccc3c3cc(N(c4ccc(-c5ccc6sc7ccccc7c6c5)cc4)c4ccc5c(c4)oc4ccccc45)ccc32)cc1. The lowest BCUT2D eigenvalue weighted by Gasteiger charge is -2.26. The van der Waals surface area contributed by atoms with E-state index in [2.05, 4.69) is 179 Å². The molecule has 4 heteroatoms. The summed E-state index contributed by atoms with van der Waals surface area (Å²) < 4.78 is 11.4. The van der Waals surface area contributed by atoms with E-state index in [0.717, 1.165) is 44.7 Å². The van der Waals surface area contributed by atoms with E-state index >= 15 is 0 Å². The molecule has 0 radical (unpaired) electrons. The lowest BCUT2D eigenvalue weighted by Crippen LogP contribution is -2.09. The summed E-state index contributed by atoms with van der Waals surface area (Å²) in [5, 5.41) is 7.31. The lowest BCUT2D eigenvalue weighted by molar-refractivity contribution is 0.669. The number of benzene rings is 8. The average Bonchev–Trinajstić information content (AvgIpc) is 3.87. The first kappa shape index (κ1) is 29.1. The van der Waals surface area contributed by atoms with Crippen LogP contribution in [0, 0.1) is 0 Å². The van der Waals surface area contributed by atoms with Gasteiger partial charge in [-0.3, -0.25) is 0 Å². The highest BCUT2D eigenvalue weighted by molar-refractivity contribution is 7.25. The van der Waals surface area contributed by atoms with Crippen LogP contribution < -0.4 is 4.90 Å². The second-order valence-electron chi connectivity index (χ2n) is 13.4. The predicted octanol–water partition coefficient (Wildman–Crippen LogP) is 14.2. The van der Waals surface area contributed by atoms with Gasteiger partial charge in [-0.05, 0) is 96.1 Å². The van der Waals surface area contributed by atoms with Gasteiger partial charge >= 0.3 is 0 Å². The van der Waals surface area contributed by atoms with Crippen LogP contribution in [0.1, 0.15) is 0 Å². The molecule has 0 fully saturated rings. The van der Waals surface area contributed by atoms with Gasteiger partial charge in [0, 0.05) is 70.5 Å². The normalized spacial score (nSPS) is 11.8. The van der Waals surface area contributed by atoms with Crippen LogP contribution in [0.3, 0.4) is 0 Å². The fourth-order valence-corrected chi connectivity index (χ4v) is 9.05. The van der Waals surface area contributed by atoms with Gasteiger partial charge < -0.3 is 13.9 Å². The van der Waals surface area contributed by atoms with E-state index < -0.39 is 0 Å². The minimum atomic E-state index is 0.873. The molecule has 0 saturated heterocycles. The van der Waals surface area contributed by atoms with Crippen LogP contribution in [0.15, 0.2) is 186 Å². The highest BCUT2D eigenvalue weighted by Gasteiger charge is 2.19. The number of thiophene rings is 1. The molecular weight excluding hydrogens is 653 g/mol. The molecule has 0 amide bonds. The summed E-state index contributed by atoms with van der Waals surface area (Å²) >= 11 is 1.85. The Labute approximate surface area is 303 Å². The molecule has 11 aromatic rings. The maximum atomic E-state index is 6.40. The van der Waals surface area contributed by atoms with Crippen molar-refractivity contribution in [2.24, 2.45) is 0 Å². The summed E-state index contributed by atoms with van der Waals surface area (Å²) in [7, 11) is 0. The van der Waals surface area contributed by atoms with Crippen LogP contribution in [-0.4, -0.2) is 4.57 Å². The van der Waals surface area contributed by atoms with Gasteiger partial charge in [0.05, 0.1) is 11.0 Å². The number of para-hydroxylation sites is 3. The summed E-state index contributed by atoms with van der Waals surface area (Å²) in [5.41, 5.74) is 10.9. The molecule has 0 unspecified atom stereocenters. The van der Waals surface area contributed by atoms with Gasteiger partial charge in [0.25, 0.3) is 0 Å². The third-order valence-corrected chi connectivity index (χ3v) is 11.5. The van der Waals surface area contributed by atoms with Gasteiger partial charge in [-0.25, -0.2) is 0 Å². The van der Waals surface area contributed by atoms with Crippen molar-refractivity contribution >= 4 is 92.3 Å². The number of hydrogen-bond acceptors (Lipinski definition) is 3. The molecule has 0 aliphatic rings. The summed E-state index contributed by atoms with van der Waals surface area (Å²) in [6.07, 6.45) is 0. The topological polar surface area (TPSA) is 21.3 Å². The Bertz CT molecular complexity index is 3130. The van der Waals surface area contributed by atoms with Crippen LogP contribution in [0.25, 0.3) is 80.7 Å². The number of anilines is 3. The molecule has 3 nitrogen and oxygen atoms in total. The van der Waals surface area contributed by atoms with Crippen molar-refractivity contribution in [1.82, 2.24) is 4.57 Å². The summed E-state index contributed by atoms with van der Waals surface area (Å²) in [4.78, 5) is 2.35. The molecule has 244 valence electrons. The van der Waals surface area contributed by atoms with Gasteiger partial charge in [-0.1, -0.05) is 91.0 Å². The van der Waals surface area contributed by atoms with Crippen molar-refractivity contribution in [2.75, 3.05) is 4.90 Å². The highest BCUT2D eigenvalue weighted by Crippen LogP contribution is 2.43.